The summed E-state index contributed by atoms with van der Waals surface area (Å²) in [5.41, 5.74) is 1.62. The third-order valence-electron chi connectivity index (χ3n) is 5.98. The second-order valence-electron chi connectivity index (χ2n) is 10.1. The van der Waals surface area contributed by atoms with Gasteiger partial charge in [-0.2, -0.15) is 4.58 Å². The third kappa shape index (κ3) is 5.21. The van der Waals surface area contributed by atoms with E-state index in [0.29, 0.717) is 16.3 Å². The Labute approximate surface area is 214 Å². The van der Waals surface area contributed by atoms with Gasteiger partial charge in [0, 0.05) is 36.8 Å². The van der Waals surface area contributed by atoms with Crippen molar-refractivity contribution in [2.45, 2.75) is 45.6 Å². The Morgan fingerprint density at radius 2 is 1.78 bits per heavy atom. The largest absolute Gasteiger partial charge is 0.423 e. The Balaban J connectivity index is 1.61. The summed E-state index contributed by atoms with van der Waals surface area (Å²) < 4.78 is 1.45. The quantitative estimate of drug-likeness (QED) is 0.441. The highest BCUT2D eigenvalue weighted by Gasteiger charge is 2.47. The molecule has 0 spiro atoms. The molecule has 0 aliphatic carbocycles. The van der Waals surface area contributed by atoms with Crippen molar-refractivity contribution in [2.24, 2.45) is 0 Å². The minimum atomic E-state index is -1.05. The van der Waals surface area contributed by atoms with Crippen molar-refractivity contribution in [3.05, 3.63) is 65.3 Å². The molecule has 4 rings (SSSR count). The Hall–Kier alpha value is -3.85. The molecule has 2 aromatic heterocycles. The molecule has 0 atom stereocenters. The molecule has 0 bridgehead atoms. The maximum atomic E-state index is 13.6. The number of benzene rings is 1. The monoisotopic (exact) mass is 504 g/mol. The standard InChI is InChI=1S/C27H29N5O3S/c1-26(2,3)21-16-20(23(33)32-14-13-29-24(34)27(32,4)5)22(36-21)31-25(35)30-19-8-6-7-18(15-19)17-9-11-28-12-10-17/h6-12,14-16H,13H2,1-5H3,(H2-,29,30,31,33,34,35)/p+1. The zero-order valence-electron chi connectivity index (χ0n) is 21.0. The first-order chi connectivity index (χ1) is 17.0. The van der Waals surface area contributed by atoms with Crippen LogP contribution in [0.3, 0.4) is 0 Å². The number of anilines is 2. The molecular formula is C27H30N5O3S+. The van der Waals surface area contributed by atoms with Crippen molar-refractivity contribution < 1.29 is 19.0 Å². The Morgan fingerprint density at radius 1 is 1.06 bits per heavy atom. The maximum Gasteiger partial charge on any atom is 0.423 e. The lowest BCUT2D eigenvalue weighted by atomic mass is 9.94. The number of hydrogen-bond acceptors (Lipinski definition) is 5. The summed E-state index contributed by atoms with van der Waals surface area (Å²) >= 11 is 1.36. The zero-order chi connectivity index (χ0) is 26.1. The number of carbonyl (C=O) groups excluding carboxylic acids is 3. The molecule has 0 unspecified atom stereocenters. The molecule has 9 heteroatoms. The summed E-state index contributed by atoms with van der Waals surface area (Å²) in [4.78, 5) is 44.0. The number of nitrogens with zero attached hydrogens (tertiary/aromatic N) is 2. The van der Waals surface area contributed by atoms with Gasteiger partial charge in [-0.25, -0.2) is 9.59 Å². The normalized spacial score (nSPS) is 15.0. The topological polar surface area (TPSA) is 103 Å². The molecule has 0 radical (unpaired) electrons. The Morgan fingerprint density at radius 3 is 2.47 bits per heavy atom. The lowest BCUT2D eigenvalue weighted by Gasteiger charge is -2.23. The summed E-state index contributed by atoms with van der Waals surface area (Å²) in [5, 5.41) is 8.92. The van der Waals surface area contributed by atoms with E-state index in [1.54, 1.807) is 38.5 Å². The van der Waals surface area contributed by atoms with Crippen LogP contribution in [0.2, 0.25) is 0 Å². The molecule has 1 aliphatic heterocycles. The number of hydrogen-bond donors (Lipinski definition) is 3. The summed E-state index contributed by atoms with van der Waals surface area (Å²) in [6.07, 6.45) is 5.11. The van der Waals surface area contributed by atoms with Gasteiger partial charge in [0.1, 0.15) is 10.6 Å². The SMILES string of the molecule is CC(C)(C)c1cc(C(=O)[N+]2=CCNC(=O)C2(C)C)c(NC(=O)Nc2cccc(-c3ccncc3)c2)s1. The highest BCUT2D eigenvalue weighted by molar-refractivity contribution is 7.16. The molecule has 0 saturated heterocycles. The number of amides is 4. The molecular weight excluding hydrogens is 474 g/mol. The first-order valence-electron chi connectivity index (χ1n) is 11.6. The Bertz CT molecular complexity index is 1350. The van der Waals surface area contributed by atoms with Gasteiger partial charge in [0.05, 0.1) is 6.54 Å². The average Bonchev–Trinajstić information content (AvgIpc) is 3.25. The van der Waals surface area contributed by atoms with E-state index in [4.69, 9.17) is 0 Å². The van der Waals surface area contributed by atoms with Gasteiger partial charge >= 0.3 is 11.9 Å². The molecule has 3 N–H and O–H groups in total. The summed E-state index contributed by atoms with van der Waals surface area (Å²) in [7, 11) is 0. The molecule has 186 valence electrons. The van der Waals surface area contributed by atoms with Crippen LogP contribution in [0, 0.1) is 0 Å². The summed E-state index contributed by atoms with van der Waals surface area (Å²) in [6.45, 7) is 9.80. The van der Waals surface area contributed by atoms with Gasteiger partial charge in [0.25, 0.3) is 5.91 Å². The number of nitrogens with one attached hydrogen (secondary N) is 3. The van der Waals surface area contributed by atoms with E-state index >= 15 is 0 Å². The van der Waals surface area contributed by atoms with E-state index in [0.717, 1.165) is 16.0 Å². The first-order valence-corrected chi connectivity index (χ1v) is 12.5. The van der Waals surface area contributed by atoms with Gasteiger partial charge < -0.3 is 10.6 Å². The number of pyridine rings is 1. The van der Waals surface area contributed by atoms with Crippen LogP contribution in [0.25, 0.3) is 11.1 Å². The van der Waals surface area contributed by atoms with E-state index in [1.807, 2.05) is 57.2 Å². The fraction of sp³-hybridized carbons (Fsp3) is 0.296. The van der Waals surface area contributed by atoms with Crippen molar-refractivity contribution in [3.8, 4) is 11.1 Å². The van der Waals surface area contributed by atoms with Crippen molar-refractivity contribution in [1.29, 1.82) is 0 Å². The lowest BCUT2D eigenvalue weighted by molar-refractivity contribution is -0.493. The average molecular weight is 505 g/mol. The van der Waals surface area contributed by atoms with E-state index < -0.39 is 11.6 Å². The molecule has 36 heavy (non-hydrogen) atoms. The molecule has 3 aromatic rings. The second kappa shape index (κ2) is 9.66. The van der Waals surface area contributed by atoms with Crippen LogP contribution < -0.4 is 16.0 Å². The number of thiophene rings is 1. The molecule has 3 heterocycles. The fourth-order valence-electron chi connectivity index (χ4n) is 3.85. The number of rotatable bonds is 4. The molecule has 4 amide bonds. The van der Waals surface area contributed by atoms with Crippen molar-refractivity contribution in [1.82, 2.24) is 10.3 Å². The van der Waals surface area contributed by atoms with Crippen LogP contribution in [0.1, 0.15) is 49.9 Å². The third-order valence-corrected chi connectivity index (χ3v) is 7.45. The van der Waals surface area contributed by atoms with E-state index in [1.165, 1.54) is 15.9 Å². The minimum absolute atomic E-state index is 0.229. The predicted octanol–water partition coefficient (Wildman–Crippen LogP) is 4.88. The van der Waals surface area contributed by atoms with E-state index in [9.17, 15) is 14.4 Å². The lowest BCUT2D eigenvalue weighted by Crippen LogP contribution is -2.57. The maximum absolute atomic E-state index is 13.6. The van der Waals surface area contributed by atoms with Gasteiger partial charge in [0.15, 0.2) is 6.21 Å². The van der Waals surface area contributed by atoms with Gasteiger partial charge in [-0.15, -0.1) is 11.3 Å². The van der Waals surface area contributed by atoms with Crippen molar-refractivity contribution in [2.75, 3.05) is 17.2 Å². The van der Waals surface area contributed by atoms with Gasteiger partial charge in [-0.05, 0) is 46.9 Å². The van der Waals surface area contributed by atoms with E-state index in [2.05, 4.69) is 20.9 Å². The molecule has 0 saturated carbocycles. The Kier molecular flexibility index (Phi) is 6.77. The predicted molar refractivity (Wildman–Crippen MR) is 143 cm³/mol. The van der Waals surface area contributed by atoms with Crippen molar-refractivity contribution in [3.63, 3.8) is 0 Å². The minimum Gasteiger partial charge on any atom is -0.341 e. The van der Waals surface area contributed by atoms with Crippen LogP contribution in [-0.2, 0) is 10.2 Å². The van der Waals surface area contributed by atoms with Gasteiger partial charge in [0.2, 0.25) is 5.54 Å². The number of aromatic nitrogens is 1. The summed E-state index contributed by atoms with van der Waals surface area (Å²) in [5.74, 6) is -0.567. The van der Waals surface area contributed by atoms with Crippen LogP contribution in [0.15, 0.2) is 54.9 Å². The van der Waals surface area contributed by atoms with Crippen molar-refractivity contribution >= 4 is 46.1 Å². The molecule has 1 aliphatic rings. The molecule has 8 nitrogen and oxygen atoms in total. The van der Waals surface area contributed by atoms with E-state index in [-0.39, 0.29) is 23.8 Å². The first kappa shape index (κ1) is 25.2. The number of urea groups is 1. The summed E-state index contributed by atoms with van der Waals surface area (Å²) in [6, 6.07) is 12.6. The highest BCUT2D eigenvalue weighted by atomic mass is 32.1. The second-order valence-corrected chi connectivity index (χ2v) is 11.2. The molecule has 1 aromatic carbocycles. The van der Waals surface area contributed by atoms with Crippen LogP contribution in [-0.4, -0.2) is 45.7 Å². The highest BCUT2D eigenvalue weighted by Crippen LogP contribution is 2.37. The molecule has 0 fully saturated rings. The van der Waals surface area contributed by atoms with Gasteiger partial charge in [-0.1, -0.05) is 32.9 Å². The number of carbonyl (C=O) groups is 3. The smallest absolute Gasteiger partial charge is 0.341 e. The van der Waals surface area contributed by atoms with Crippen LogP contribution in [0.4, 0.5) is 15.5 Å². The fourth-order valence-corrected chi connectivity index (χ4v) is 4.95. The van der Waals surface area contributed by atoms with Crippen LogP contribution in [0.5, 0.6) is 0 Å². The van der Waals surface area contributed by atoms with Gasteiger partial charge in [-0.3, -0.25) is 15.1 Å². The zero-order valence-corrected chi connectivity index (χ0v) is 21.8. The van der Waals surface area contributed by atoms with Crippen LogP contribution >= 0.6 is 11.3 Å².